The van der Waals surface area contributed by atoms with Gasteiger partial charge < -0.3 is 0 Å². The van der Waals surface area contributed by atoms with E-state index in [2.05, 4.69) is 4.99 Å². The maximum Gasteiger partial charge on any atom is 0.343 e. The third-order valence-corrected chi connectivity index (χ3v) is 7.14. The van der Waals surface area contributed by atoms with Gasteiger partial charge in [-0.15, -0.1) is 11.3 Å². The van der Waals surface area contributed by atoms with Crippen molar-refractivity contribution < 1.29 is 17.2 Å². The second kappa shape index (κ2) is 7.78. The van der Waals surface area contributed by atoms with Gasteiger partial charge in [-0.1, -0.05) is 41.4 Å². The third kappa shape index (κ3) is 3.77. The van der Waals surface area contributed by atoms with Crippen LogP contribution in [-0.2, 0) is 23.6 Å². The summed E-state index contributed by atoms with van der Waals surface area (Å²) in [5.41, 5.74) is -1.31. The van der Waals surface area contributed by atoms with E-state index in [0.29, 0.717) is 6.20 Å². The lowest BCUT2D eigenvalue weighted by molar-refractivity contribution is 0.533. The molecule has 2 aromatic heterocycles. The highest BCUT2D eigenvalue weighted by atomic mass is 35.5. The van der Waals surface area contributed by atoms with Gasteiger partial charge in [0.15, 0.2) is 11.3 Å². The first-order valence-electron chi connectivity index (χ1n) is 7.55. The molecule has 0 N–H and O–H groups in total. The van der Waals surface area contributed by atoms with E-state index >= 15 is 0 Å². The molecule has 3 aromatic rings. The van der Waals surface area contributed by atoms with Gasteiger partial charge in [-0.3, -0.25) is 9.56 Å². The van der Waals surface area contributed by atoms with E-state index in [1.54, 1.807) is 6.07 Å². The van der Waals surface area contributed by atoms with Crippen LogP contribution in [0.15, 0.2) is 51.2 Å². The molecular weight excluding hydrogens is 455 g/mol. The molecule has 0 amide bonds. The zero-order chi connectivity index (χ0) is 20.6. The van der Waals surface area contributed by atoms with Crippen molar-refractivity contribution >= 4 is 44.6 Å². The van der Waals surface area contributed by atoms with Crippen LogP contribution in [0.4, 0.5) is 8.78 Å². The van der Waals surface area contributed by atoms with Crippen LogP contribution in [0, 0.1) is 11.6 Å². The van der Waals surface area contributed by atoms with Crippen LogP contribution in [0.1, 0.15) is 5.56 Å². The number of rotatable bonds is 4. The highest BCUT2D eigenvalue weighted by molar-refractivity contribution is 7.90. The van der Waals surface area contributed by atoms with Crippen molar-refractivity contribution in [2.45, 2.75) is 11.4 Å². The van der Waals surface area contributed by atoms with E-state index in [4.69, 9.17) is 23.2 Å². The minimum Gasteiger partial charge on any atom is -0.278 e. The summed E-state index contributed by atoms with van der Waals surface area (Å²) in [7, 11) is -3.33. The summed E-state index contributed by atoms with van der Waals surface area (Å²) in [6.45, 7) is -0.237. The number of hydrogen-bond acceptors (Lipinski definition) is 5. The molecule has 0 fully saturated rings. The first-order chi connectivity index (χ1) is 13.1. The summed E-state index contributed by atoms with van der Waals surface area (Å²) in [6.07, 6.45) is 0.500. The standard InChI is InChI=1S/C16H11Cl2F2N3O3S2/c1-22-15(21-7-9-4-2-3-5-10(9)19)11(20)8-23(16(22)24)28(25,26)12-6-13(17)27-14(12)18/h2-6,8H,7H2,1H3. The average Bonchev–Trinajstić information content (AvgIpc) is 2.98. The monoisotopic (exact) mass is 465 g/mol. The van der Waals surface area contributed by atoms with E-state index in [1.807, 2.05) is 0 Å². The van der Waals surface area contributed by atoms with Crippen LogP contribution in [0.3, 0.4) is 0 Å². The Balaban J connectivity index is 2.14. The van der Waals surface area contributed by atoms with Gasteiger partial charge in [0.25, 0.3) is 10.0 Å². The number of nitrogens with zero attached hydrogens (tertiary/aromatic N) is 3. The van der Waals surface area contributed by atoms with Gasteiger partial charge in [0.1, 0.15) is 15.0 Å². The molecule has 0 aliphatic heterocycles. The van der Waals surface area contributed by atoms with Crippen LogP contribution in [0.5, 0.6) is 0 Å². The number of thiophene rings is 1. The molecule has 1 aromatic carbocycles. The number of halogens is 4. The van der Waals surface area contributed by atoms with Crippen molar-refractivity contribution in [3.8, 4) is 0 Å². The quantitative estimate of drug-likeness (QED) is 0.593. The molecule has 0 saturated heterocycles. The maximum absolute atomic E-state index is 14.6. The molecule has 28 heavy (non-hydrogen) atoms. The second-order valence-electron chi connectivity index (χ2n) is 5.54. The number of hydrogen-bond donors (Lipinski definition) is 0. The smallest absolute Gasteiger partial charge is 0.278 e. The van der Waals surface area contributed by atoms with Crippen LogP contribution in [-0.4, -0.2) is 17.0 Å². The topological polar surface area (TPSA) is 73.4 Å². The normalized spacial score (nSPS) is 12.5. The van der Waals surface area contributed by atoms with Gasteiger partial charge >= 0.3 is 5.69 Å². The van der Waals surface area contributed by atoms with Gasteiger partial charge in [0.2, 0.25) is 0 Å². The van der Waals surface area contributed by atoms with Crippen molar-refractivity contribution in [1.82, 2.24) is 8.54 Å². The summed E-state index contributed by atoms with van der Waals surface area (Å²) in [6, 6.07) is 6.84. The molecule has 0 aliphatic rings. The molecule has 0 aliphatic carbocycles. The highest BCUT2D eigenvalue weighted by Gasteiger charge is 2.26. The Bertz CT molecular complexity index is 1300. The largest absolute Gasteiger partial charge is 0.343 e. The van der Waals surface area contributed by atoms with E-state index in [9.17, 15) is 22.0 Å². The van der Waals surface area contributed by atoms with Gasteiger partial charge in [-0.05, 0) is 12.1 Å². The minimum absolute atomic E-state index is 0.0954. The average molecular weight is 466 g/mol. The van der Waals surface area contributed by atoms with Crippen molar-refractivity contribution in [1.29, 1.82) is 0 Å². The van der Waals surface area contributed by atoms with Gasteiger partial charge in [0, 0.05) is 12.6 Å². The molecule has 148 valence electrons. The maximum atomic E-state index is 14.6. The van der Waals surface area contributed by atoms with E-state index in [1.165, 1.54) is 18.2 Å². The zero-order valence-corrected chi connectivity index (χ0v) is 17.2. The fourth-order valence-corrected chi connectivity index (χ4v) is 5.75. The fraction of sp³-hybridized carbons (Fsp3) is 0.125. The van der Waals surface area contributed by atoms with E-state index in [0.717, 1.165) is 29.0 Å². The Kier molecular flexibility index (Phi) is 5.76. The first kappa shape index (κ1) is 20.7. The molecular formula is C16H11Cl2F2N3O3S2. The third-order valence-electron chi connectivity index (χ3n) is 3.76. The molecule has 0 radical (unpaired) electrons. The van der Waals surface area contributed by atoms with Crippen molar-refractivity contribution in [2.75, 3.05) is 0 Å². The van der Waals surface area contributed by atoms with E-state index in [-0.39, 0.29) is 24.8 Å². The van der Waals surface area contributed by atoms with Crippen molar-refractivity contribution in [3.05, 3.63) is 78.4 Å². The van der Waals surface area contributed by atoms with Crippen molar-refractivity contribution in [2.24, 2.45) is 12.0 Å². The molecule has 0 atom stereocenters. The Hall–Kier alpha value is -2.01. The number of aromatic nitrogens is 2. The predicted molar refractivity (Wildman–Crippen MR) is 102 cm³/mol. The lowest BCUT2D eigenvalue weighted by Crippen LogP contribution is -2.42. The highest BCUT2D eigenvalue weighted by Crippen LogP contribution is 2.34. The molecule has 0 bridgehead atoms. The predicted octanol–water partition coefficient (Wildman–Crippen LogP) is 3.17. The zero-order valence-electron chi connectivity index (χ0n) is 14.1. The summed E-state index contributed by atoms with van der Waals surface area (Å²) in [5, 5.41) is 0. The Morgan fingerprint density at radius 1 is 1.18 bits per heavy atom. The van der Waals surface area contributed by atoms with Gasteiger partial charge in [-0.2, -0.15) is 3.97 Å². The van der Waals surface area contributed by atoms with Gasteiger partial charge in [0.05, 0.1) is 17.1 Å². The van der Waals surface area contributed by atoms with Crippen LogP contribution >= 0.6 is 34.5 Å². The molecule has 12 heteroatoms. The van der Waals surface area contributed by atoms with Crippen LogP contribution < -0.4 is 11.2 Å². The first-order valence-corrected chi connectivity index (χ1v) is 10.6. The molecule has 0 unspecified atom stereocenters. The van der Waals surface area contributed by atoms with Crippen LogP contribution in [0.2, 0.25) is 8.67 Å². The molecule has 2 heterocycles. The fourth-order valence-electron chi connectivity index (χ4n) is 2.36. The Morgan fingerprint density at radius 3 is 2.46 bits per heavy atom. The molecule has 0 spiro atoms. The molecule has 3 rings (SSSR count). The summed E-state index contributed by atoms with van der Waals surface area (Å²) < 4.78 is 54.5. The Labute approximate surface area is 172 Å². The van der Waals surface area contributed by atoms with Gasteiger partial charge in [-0.25, -0.2) is 22.0 Å². The summed E-state index contributed by atoms with van der Waals surface area (Å²) >= 11 is 12.4. The van der Waals surface area contributed by atoms with E-state index < -0.39 is 37.7 Å². The summed E-state index contributed by atoms with van der Waals surface area (Å²) in [5.74, 6) is -1.62. The van der Waals surface area contributed by atoms with Crippen molar-refractivity contribution in [3.63, 3.8) is 0 Å². The molecule has 0 saturated carbocycles. The second-order valence-corrected chi connectivity index (χ2v) is 9.61. The minimum atomic E-state index is -4.48. The lowest BCUT2D eigenvalue weighted by atomic mass is 10.2. The Morgan fingerprint density at radius 2 is 1.86 bits per heavy atom. The number of benzene rings is 1. The molecule has 6 nitrogen and oxygen atoms in total. The summed E-state index contributed by atoms with van der Waals surface area (Å²) in [4.78, 5) is 16.0. The SMILES string of the molecule is Cn1c(=NCc2ccccc2F)c(F)cn(S(=O)(=O)c2cc(Cl)sc2Cl)c1=O. The lowest BCUT2D eigenvalue weighted by Gasteiger charge is -2.10. The van der Waals surface area contributed by atoms with Crippen LogP contribution in [0.25, 0.3) is 0 Å².